The molecule has 0 aromatic carbocycles. The lowest BCUT2D eigenvalue weighted by Crippen LogP contribution is -2.45. The van der Waals surface area contributed by atoms with Crippen molar-refractivity contribution in [3.8, 4) is 0 Å². The Morgan fingerprint density at radius 3 is 2.27 bits per heavy atom. The summed E-state index contributed by atoms with van der Waals surface area (Å²) >= 11 is 0. The molecule has 0 bridgehead atoms. The zero-order valence-electron chi connectivity index (χ0n) is 10.8. The molecule has 3 N–H and O–H groups in total. The molecule has 0 aromatic heterocycles. The summed E-state index contributed by atoms with van der Waals surface area (Å²) in [4.78, 5) is 11.9. The maximum Gasteiger partial charge on any atom is 0.224 e. The Morgan fingerprint density at radius 1 is 1.40 bits per heavy atom. The van der Waals surface area contributed by atoms with E-state index in [1.807, 2.05) is 20.8 Å². The minimum Gasteiger partial charge on any atom is -0.351 e. The highest BCUT2D eigenvalue weighted by Gasteiger charge is 2.22. The van der Waals surface area contributed by atoms with E-state index in [1.54, 1.807) is 0 Å². The Balaban J connectivity index is 4.23. The molecule has 0 aliphatic heterocycles. The van der Waals surface area contributed by atoms with Crippen molar-refractivity contribution in [1.82, 2.24) is 5.32 Å². The highest BCUT2D eigenvalue weighted by molar-refractivity contribution is 5.79. The van der Waals surface area contributed by atoms with Crippen LogP contribution in [0.1, 0.15) is 47.5 Å². The third-order valence-corrected chi connectivity index (χ3v) is 2.54. The van der Waals surface area contributed by atoms with Gasteiger partial charge in [-0.05, 0) is 33.1 Å². The van der Waals surface area contributed by atoms with Crippen molar-refractivity contribution in [3.05, 3.63) is 0 Å². The lowest BCUT2D eigenvalue weighted by Gasteiger charge is -2.25. The van der Waals surface area contributed by atoms with Crippen LogP contribution in [0, 0.1) is 11.8 Å². The van der Waals surface area contributed by atoms with E-state index in [-0.39, 0.29) is 17.4 Å². The maximum atomic E-state index is 11.9. The van der Waals surface area contributed by atoms with Gasteiger partial charge in [-0.1, -0.05) is 20.3 Å². The smallest absolute Gasteiger partial charge is 0.224 e. The Bertz CT molecular complexity index is 196. The summed E-state index contributed by atoms with van der Waals surface area (Å²) < 4.78 is 0. The molecule has 0 rings (SSSR count). The van der Waals surface area contributed by atoms with E-state index in [0.29, 0.717) is 12.5 Å². The van der Waals surface area contributed by atoms with Gasteiger partial charge in [0, 0.05) is 12.1 Å². The molecule has 90 valence electrons. The Morgan fingerprint density at radius 2 is 1.93 bits per heavy atom. The number of rotatable bonds is 5. The molecular weight excluding hydrogens is 188 g/mol. The topological polar surface area (TPSA) is 55.1 Å². The van der Waals surface area contributed by atoms with Crippen molar-refractivity contribution in [2.24, 2.45) is 17.6 Å². The van der Waals surface area contributed by atoms with Gasteiger partial charge in [0.1, 0.15) is 0 Å². The largest absolute Gasteiger partial charge is 0.351 e. The van der Waals surface area contributed by atoms with Crippen LogP contribution in [0.4, 0.5) is 0 Å². The van der Waals surface area contributed by atoms with Crippen LogP contribution in [-0.2, 0) is 4.79 Å². The Kier molecular flexibility index (Phi) is 5.88. The van der Waals surface area contributed by atoms with Crippen LogP contribution in [0.15, 0.2) is 0 Å². The molecule has 2 unspecified atom stereocenters. The molecule has 0 aromatic rings. The van der Waals surface area contributed by atoms with Crippen LogP contribution in [-0.4, -0.2) is 18.0 Å². The molecule has 0 radical (unpaired) electrons. The number of hydrogen-bond acceptors (Lipinski definition) is 2. The fourth-order valence-electron chi connectivity index (χ4n) is 1.43. The average molecular weight is 214 g/mol. The summed E-state index contributed by atoms with van der Waals surface area (Å²) in [7, 11) is 0. The van der Waals surface area contributed by atoms with Gasteiger partial charge in [-0.15, -0.1) is 0 Å². The Labute approximate surface area is 93.8 Å². The van der Waals surface area contributed by atoms with E-state index >= 15 is 0 Å². The summed E-state index contributed by atoms with van der Waals surface area (Å²) in [6, 6.07) is 0. The van der Waals surface area contributed by atoms with E-state index in [4.69, 9.17) is 5.73 Å². The van der Waals surface area contributed by atoms with E-state index in [1.165, 1.54) is 0 Å². The molecule has 3 heteroatoms. The lowest BCUT2D eigenvalue weighted by atomic mass is 9.92. The van der Waals surface area contributed by atoms with Crippen molar-refractivity contribution in [2.75, 3.05) is 6.54 Å². The van der Waals surface area contributed by atoms with Gasteiger partial charge in [-0.25, -0.2) is 0 Å². The summed E-state index contributed by atoms with van der Waals surface area (Å²) in [5.41, 5.74) is 5.47. The lowest BCUT2D eigenvalue weighted by molar-refractivity contribution is -0.126. The second-order valence-corrected chi connectivity index (χ2v) is 5.42. The van der Waals surface area contributed by atoms with Crippen molar-refractivity contribution in [2.45, 2.75) is 53.0 Å². The minimum atomic E-state index is -0.167. The molecule has 0 aliphatic carbocycles. The normalized spacial score (nSPS) is 15.9. The molecule has 1 amide bonds. The number of hydrogen-bond donors (Lipinski definition) is 2. The van der Waals surface area contributed by atoms with Crippen molar-refractivity contribution in [1.29, 1.82) is 0 Å². The van der Waals surface area contributed by atoms with Gasteiger partial charge >= 0.3 is 0 Å². The molecule has 0 aliphatic rings. The SMILES string of the molecule is CCC(C)CC(CN)C(=O)NC(C)(C)C. The first-order valence-corrected chi connectivity index (χ1v) is 5.82. The number of nitrogens with one attached hydrogen (secondary N) is 1. The van der Waals surface area contributed by atoms with Crippen LogP contribution in [0.3, 0.4) is 0 Å². The molecule has 0 spiro atoms. The highest BCUT2D eigenvalue weighted by Crippen LogP contribution is 2.15. The standard InChI is InChI=1S/C12H26N2O/c1-6-9(2)7-10(8-13)11(15)14-12(3,4)5/h9-10H,6-8,13H2,1-5H3,(H,14,15). The van der Waals surface area contributed by atoms with E-state index < -0.39 is 0 Å². The van der Waals surface area contributed by atoms with Gasteiger partial charge in [0.15, 0.2) is 0 Å². The number of amides is 1. The van der Waals surface area contributed by atoms with Gasteiger partial charge in [0.25, 0.3) is 0 Å². The second-order valence-electron chi connectivity index (χ2n) is 5.42. The fraction of sp³-hybridized carbons (Fsp3) is 0.917. The molecule has 0 saturated heterocycles. The van der Waals surface area contributed by atoms with Crippen molar-refractivity contribution >= 4 is 5.91 Å². The van der Waals surface area contributed by atoms with E-state index in [9.17, 15) is 4.79 Å². The first-order valence-electron chi connectivity index (χ1n) is 5.82. The first-order chi connectivity index (χ1) is 6.80. The summed E-state index contributed by atoms with van der Waals surface area (Å²) in [6.07, 6.45) is 1.98. The molecule has 15 heavy (non-hydrogen) atoms. The van der Waals surface area contributed by atoms with Gasteiger partial charge < -0.3 is 11.1 Å². The van der Waals surface area contributed by atoms with Crippen LogP contribution >= 0.6 is 0 Å². The fourth-order valence-corrected chi connectivity index (χ4v) is 1.43. The molecule has 0 heterocycles. The van der Waals surface area contributed by atoms with Gasteiger partial charge in [0.2, 0.25) is 5.91 Å². The quantitative estimate of drug-likeness (QED) is 0.734. The predicted molar refractivity (Wildman–Crippen MR) is 64.5 cm³/mol. The summed E-state index contributed by atoms with van der Waals surface area (Å²) in [6.45, 7) is 10.7. The van der Waals surface area contributed by atoms with Crippen LogP contribution in [0.25, 0.3) is 0 Å². The van der Waals surface area contributed by atoms with Crippen molar-refractivity contribution in [3.63, 3.8) is 0 Å². The van der Waals surface area contributed by atoms with E-state index in [2.05, 4.69) is 19.2 Å². The number of carbonyl (C=O) groups is 1. The Hall–Kier alpha value is -0.570. The van der Waals surface area contributed by atoms with Crippen LogP contribution < -0.4 is 11.1 Å². The van der Waals surface area contributed by atoms with Crippen LogP contribution in [0.2, 0.25) is 0 Å². The van der Waals surface area contributed by atoms with Gasteiger partial charge in [0.05, 0.1) is 5.92 Å². The summed E-state index contributed by atoms with van der Waals surface area (Å²) in [5, 5.41) is 2.98. The highest BCUT2D eigenvalue weighted by atomic mass is 16.2. The number of carbonyl (C=O) groups excluding carboxylic acids is 1. The molecule has 3 nitrogen and oxygen atoms in total. The van der Waals surface area contributed by atoms with Crippen molar-refractivity contribution < 1.29 is 4.79 Å². The third kappa shape index (κ3) is 6.50. The predicted octanol–water partition coefficient (Wildman–Crippen LogP) is 1.91. The maximum absolute atomic E-state index is 11.9. The molecular formula is C12H26N2O. The molecule has 0 fully saturated rings. The minimum absolute atomic E-state index is 0.0424. The third-order valence-electron chi connectivity index (χ3n) is 2.54. The second kappa shape index (κ2) is 6.11. The molecule has 0 saturated carbocycles. The zero-order valence-corrected chi connectivity index (χ0v) is 10.8. The van der Waals surface area contributed by atoms with Gasteiger partial charge in [-0.2, -0.15) is 0 Å². The number of nitrogens with two attached hydrogens (primary N) is 1. The average Bonchev–Trinajstić information content (AvgIpc) is 2.10. The van der Waals surface area contributed by atoms with E-state index in [0.717, 1.165) is 12.8 Å². The monoisotopic (exact) mass is 214 g/mol. The summed E-state index contributed by atoms with van der Waals surface area (Å²) in [5.74, 6) is 0.605. The molecule has 2 atom stereocenters. The van der Waals surface area contributed by atoms with Gasteiger partial charge in [-0.3, -0.25) is 4.79 Å². The van der Waals surface area contributed by atoms with Crippen LogP contribution in [0.5, 0.6) is 0 Å². The first kappa shape index (κ1) is 14.4. The zero-order chi connectivity index (χ0) is 12.1.